The van der Waals surface area contributed by atoms with Gasteiger partial charge in [0, 0.05) is 0 Å². The van der Waals surface area contributed by atoms with Crippen molar-refractivity contribution >= 4 is 29.1 Å². The van der Waals surface area contributed by atoms with Crippen LogP contribution in [0.25, 0.3) is 0 Å². The molecule has 0 N–H and O–H groups in total. The zero-order valence-corrected chi connectivity index (χ0v) is 13.8. The number of halogens is 1. The molecule has 2 saturated carbocycles. The summed E-state index contributed by atoms with van der Waals surface area (Å²) in [5.74, 6) is 0.944. The Kier molecular flexibility index (Phi) is 2.39. The van der Waals surface area contributed by atoms with Crippen molar-refractivity contribution in [2.75, 3.05) is 0 Å². The van der Waals surface area contributed by atoms with Crippen LogP contribution in [0, 0.1) is 16.7 Å². The van der Waals surface area contributed by atoms with E-state index in [4.69, 9.17) is 3.10 Å². The summed E-state index contributed by atoms with van der Waals surface area (Å²) in [6, 6.07) is 0. The summed E-state index contributed by atoms with van der Waals surface area (Å²) >= 11 is 1.97. The zero-order chi connectivity index (χ0) is 10.9. The van der Waals surface area contributed by atoms with Crippen molar-refractivity contribution < 1.29 is 3.10 Å². The maximum absolute atomic E-state index is 6.49. The third-order valence-electron chi connectivity index (χ3n) is 5.55. The molecule has 1 nitrogen and oxygen atoms in total. The molecule has 0 aromatic carbocycles. The van der Waals surface area contributed by atoms with E-state index in [1.54, 1.807) is 0 Å². The molecule has 4 unspecified atom stereocenters. The fourth-order valence-corrected chi connectivity index (χ4v) is 15.6. The van der Waals surface area contributed by atoms with Gasteiger partial charge in [-0.3, -0.25) is 0 Å². The van der Waals surface area contributed by atoms with Gasteiger partial charge in [-0.2, -0.15) is 0 Å². The van der Waals surface area contributed by atoms with E-state index in [9.17, 15) is 0 Å². The monoisotopic (exact) mass is 390 g/mol. The Balaban J connectivity index is 1.99. The summed E-state index contributed by atoms with van der Waals surface area (Å²) in [5, 5.41) is 0. The van der Waals surface area contributed by atoms with Crippen molar-refractivity contribution in [2.24, 2.45) is 16.7 Å². The minimum atomic E-state index is -2.05. The van der Waals surface area contributed by atoms with Gasteiger partial charge in [-0.05, 0) is 0 Å². The predicted molar refractivity (Wildman–Crippen MR) is 68.4 cm³/mol. The van der Waals surface area contributed by atoms with E-state index in [1.807, 2.05) is 0 Å². The van der Waals surface area contributed by atoms with Gasteiger partial charge in [-0.25, -0.2) is 0 Å². The van der Waals surface area contributed by atoms with E-state index in [0.717, 1.165) is 5.92 Å². The van der Waals surface area contributed by atoms with Crippen LogP contribution in [0.2, 0.25) is 8.94 Å². The molecule has 2 aliphatic carbocycles. The van der Waals surface area contributed by atoms with E-state index < -0.39 is 16.4 Å². The molecule has 3 aliphatic rings. The number of hydrogen-bond acceptors (Lipinski definition) is 1. The Labute approximate surface area is 103 Å². The number of hydrogen-bond donors (Lipinski definition) is 0. The first kappa shape index (κ1) is 11.3. The topological polar surface area (TPSA) is 9.23 Å². The molecule has 1 saturated heterocycles. The van der Waals surface area contributed by atoms with Crippen molar-refractivity contribution in [3.63, 3.8) is 0 Å². The van der Waals surface area contributed by atoms with Crippen molar-refractivity contribution in [2.45, 2.75) is 55.1 Å². The Bertz CT molecular complexity index is 306. The summed E-state index contributed by atoms with van der Waals surface area (Å²) in [6.07, 6.45) is 4.87. The van der Waals surface area contributed by atoms with Crippen molar-refractivity contribution in [3.8, 4) is 0 Å². The molecule has 0 radical (unpaired) electrons. The van der Waals surface area contributed by atoms with Crippen molar-refractivity contribution in [1.29, 1.82) is 0 Å². The molecule has 88 valence electrons. The van der Waals surface area contributed by atoms with Crippen LogP contribution in [-0.2, 0) is 3.10 Å². The fraction of sp³-hybridized carbons (Fsp3) is 1.00. The molecule has 0 amide bonds. The van der Waals surface area contributed by atoms with E-state index in [1.165, 1.54) is 28.2 Å². The fourth-order valence-electron chi connectivity index (χ4n) is 4.27. The molecule has 0 aromatic rings. The third kappa shape index (κ3) is 1.25. The summed E-state index contributed by atoms with van der Waals surface area (Å²) in [4.78, 5) is 0. The Morgan fingerprint density at radius 3 is 2.73 bits per heavy atom. The molecule has 1 heterocycles. The van der Waals surface area contributed by atoms with Crippen LogP contribution >= 0.6 is 12.8 Å². The molecule has 1 aliphatic heterocycles. The van der Waals surface area contributed by atoms with Gasteiger partial charge in [0.15, 0.2) is 0 Å². The molecule has 15 heavy (non-hydrogen) atoms. The van der Waals surface area contributed by atoms with Crippen LogP contribution in [0.3, 0.4) is 0 Å². The van der Waals surface area contributed by atoms with Gasteiger partial charge in [0.25, 0.3) is 0 Å². The molecular weight excluding hydrogens is 368 g/mol. The summed E-state index contributed by atoms with van der Waals surface area (Å²) in [6.45, 7) is 7.32. The van der Waals surface area contributed by atoms with Gasteiger partial charge in [-0.1, -0.05) is 0 Å². The van der Waals surface area contributed by atoms with Crippen LogP contribution in [0.5, 0.6) is 0 Å². The SMILES string of the molecule is CC[Te]1(Br)CC23CCC(CC2O1)C3(C)C. The Hall–Kier alpha value is 1.23. The van der Waals surface area contributed by atoms with Gasteiger partial charge >= 0.3 is 104 Å². The number of rotatable bonds is 1. The minimum absolute atomic E-state index is 0.550. The van der Waals surface area contributed by atoms with Gasteiger partial charge in [0.05, 0.1) is 0 Å². The molecule has 3 heteroatoms. The zero-order valence-electron chi connectivity index (χ0n) is 9.88. The third-order valence-corrected chi connectivity index (χ3v) is 18.0. The van der Waals surface area contributed by atoms with Crippen LogP contribution in [-0.4, -0.2) is 22.5 Å². The molecule has 3 rings (SSSR count). The van der Waals surface area contributed by atoms with Crippen LogP contribution in [0.1, 0.15) is 40.0 Å². The molecule has 0 aromatic heterocycles. The van der Waals surface area contributed by atoms with Crippen LogP contribution in [0.4, 0.5) is 0 Å². The summed E-state index contributed by atoms with van der Waals surface area (Å²) in [7, 11) is 0. The Morgan fingerprint density at radius 1 is 1.47 bits per heavy atom. The second-order valence-electron chi connectivity index (χ2n) is 6.09. The van der Waals surface area contributed by atoms with E-state index in [-0.39, 0.29) is 0 Å². The van der Waals surface area contributed by atoms with Gasteiger partial charge in [-0.15, -0.1) is 0 Å². The second kappa shape index (κ2) is 3.16. The molecular formula is C12H21BrOTe. The quantitative estimate of drug-likeness (QED) is 0.615. The predicted octanol–water partition coefficient (Wildman–Crippen LogP) is 4.07. The average Bonchev–Trinajstić information content (AvgIpc) is 2.68. The van der Waals surface area contributed by atoms with Crippen molar-refractivity contribution in [1.82, 2.24) is 0 Å². The normalized spacial score (nSPS) is 60.3. The van der Waals surface area contributed by atoms with Crippen molar-refractivity contribution in [3.05, 3.63) is 0 Å². The number of fused-ring (bicyclic) bond motifs is 1. The van der Waals surface area contributed by atoms with Crippen LogP contribution in [0.15, 0.2) is 0 Å². The standard InChI is InChI=1S/C12H21BrOTe/c1-4-15(13)8-12-6-5-9(11(12,2)3)7-10(12)14-15/h9-10H,4-8H2,1-3H3. The van der Waals surface area contributed by atoms with Gasteiger partial charge < -0.3 is 0 Å². The first-order chi connectivity index (χ1) is 6.94. The molecule has 2 bridgehead atoms. The van der Waals surface area contributed by atoms with E-state index in [2.05, 4.69) is 33.5 Å². The summed E-state index contributed by atoms with van der Waals surface area (Å²) < 4.78 is 9.19. The second-order valence-corrected chi connectivity index (χ2v) is 21.1. The van der Waals surface area contributed by atoms with E-state index in [0.29, 0.717) is 16.9 Å². The van der Waals surface area contributed by atoms with E-state index >= 15 is 0 Å². The molecule has 3 fully saturated rings. The first-order valence-electron chi connectivity index (χ1n) is 6.10. The first-order valence-corrected chi connectivity index (χ1v) is 15.6. The summed E-state index contributed by atoms with van der Waals surface area (Å²) in [5.41, 5.74) is 1.12. The molecule has 4 atom stereocenters. The van der Waals surface area contributed by atoms with Gasteiger partial charge in [0.1, 0.15) is 0 Å². The van der Waals surface area contributed by atoms with Gasteiger partial charge in [0.2, 0.25) is 0 Å². The average molecular weight is 389 g/mol. The maximum atomic E-state index is 6.49. The Morgan fingerprint density at radius 2 is 2.20 bits per heavy atom. The van der Waals surface area contributed by atoms with Crippen LogP contribution < -0.4 is 0 Å². The molecule has 1 spiro atoms.